The average molecular weight is 391 g/mol. The van der Waals surface area contributed by atoms with E-state index in [0.29, 0.717) is 22.1 Å². The Morgan fingerprint density at radius 3 is 2.50 bits per heavy atom. The number of benzene rings is 1. The smallest absolute Gasteiger partial charge is 0.303 e. The van der Waals surface area contributed by atoms with Gasteiger partial charge in [0.1, 0.15) is 5.75 Å². The SMILES string of the molecule is CC(C)N(CCCC(=O)O)C(=O)c1ccc(I)c(O)c1. The molecule has 1 amide bonds. The highest BCUT2D eigenvalue weighted by molar-refractivity contribution is 14.1. The maximum atomic E-state index is 12.4. The molecule has 0 bridgehead atoms. The molecular formula is C14H18INO4. The van der Waals surface area contributed by atoms with Gasteiger partial charge in [-0.05, 0) is 61.1 Å². The number of aliphatic carboxylic acids is 1. The second-order valence-corrected chi connectivity index (χ2v) is 5.92. The zero-order chi connectivity index (χ0) is 15.3. The maximum Gasteiger partial charge on any atom is 0.303 e. The third-order valence-electron chi connectivity index (χ3n) is 2.87. The van der Waals surface area contributed by atoms with Gasteiger partial charge in [-0.1, -0.05) is 0 Å². The van der Waals surface area contributed by atoms with Gasteiger partial charge >= 0.3 is 5.97 Å². The molecule has 0 aliphatic carbocycles. The number of hydrogen-bond acceptors (Lipinski definition) is 3. The van der Waals surface area contributed by atoms with Crippen LogP contribution in [0.5, 0.6) is 5.75 Å². The molecule has 0 spiro atoms. The number of carboxylic acids is 1. The quantitative estimate of drug-likeness (QED) is 0.732. The topological polar surface area (TPSA) is 77.8 Å². The lowest BCUT2D eigenvalue weighted by Crippen LogP contribution is -2.37. The molecule has 0 aliphatic rings. The van der Waals surface area contributed by atoms with Gasteiger partial charge < -0.3 is 15.1 Å². The molecule has 20 heavy (non-hydrogen) atoms. The van der Waals surface area contributed by atoms with Gasteiger partial charge in [-0.25, -0.2) is 0 Å². The largest absolute Gasteiger partial charge is 0.507 e. The van der Waals surface area contributed by atoms with Gasteiger partial charge in [-0.2, -0.15) is 0 Å². The third kappa shape index (κ3) is 4.66. The number of hydrogen-bond donors (Lipinski definition) is 2. The number of amides is 1. The van der Waals surface area contributed by atoms with E-state index in [9.17, 15) is 14.7 Å². The van der Waals surface area contributed by atoms with Crippen LogP contribution in [0.15, 0.2) is 18.2 Å². The van der Waals surface area contributed by atoms with Crippen molar-refractivity contribution < 1.29 is 19.8 Å². The Hall–Kier alpha value is -1.31. The summed E-state index contributed by atoms with van der Waals surface area (Å²) in [6.07, 6.45) is 0.448. The fourth-order valence-corrected chi connectivity index (χ4v) is 2.14. The summed E-state index contributed by atoms with van der Waals surface area (Å²) in [6.45, 7) is 4.14. The number of carbonyl (C=O) groups is 2. The molecular weight excluding hydrogens is 373 g/mol. The van der Waals surface area contributed by atoms with Crippen LogP contribution in [0.1, 0.15) is 37.0 Å². The van der Waals surface area contributed by atoms with Crippen LogP contribution in [0, 0.1) is 3.57 Å². The summed E-state index contributed by atoms with van der Waals surface area (Å²) in [4.78, 5) is 24.5. The first-order valence-corrected chi connectivity index (χ1v) is 7.42. The number of rotatable bonds is 6. The number of carbonyl (C=O) groups excluding carboxylic acids is 1. The highest BCUT2D eigenvalue weighted by Crippen LogP contribution is 2.22. The van der Waals surface area contributed by atoms with Crippen LogP contribution in [-0.2, 0) is 4.79 Å². The van der Waals surface area contributed by atoms with Crippen molar-refractivity contribution in [3.63, 3.8) is 0 Å². The standard InChI is InChI=1S/C14H18INO4/c1-9(2)16(7-3-4-13(18)19)14(20)10-5-6-11(15)12(17)8-10/h5-6,8-9,17H,3-4,7H2,1-2H3,(H,18,19). The number of phenols is 1. The summed E-state index contributed by atoms with van der Waals surface area (Å²) in [6, 6.07) is 4.75. The fraction of sp³-hybridized carbons (Fsp3) is 0.429. The van der Waals surface area contributed by atoms with E-state index >= 15 is 0 Å². The van der Waals surface area contributed by atoms with Crippen molar-refractivity contribution in [1.82, 2.24) is 4.90 Å². The molecule has 0 aliphatic heterocycles. The molecule has 0 radical (unpaired) electrons. The minimum atomic E-state index is -0.868. The summed E-state index contributed by atoms with van der Waals surface area (Å²) in [7, 11) is 0. The van der Waals surface area contributed by atoms with E-state index in [0.717, 1.165) is 0 Å². The lowest BCUT2D eigenvalue weighted by atomic mass is 10.1. The molecule has 0 aromatic heterocycles. The first-order chi connectivity index (χ1) is 9.32. The highest BCUT2D eigenvalue weighted by atomic mass is 127. The third-order valence-corrected chi connectivity index (χ3v) is 3.78. The van der Waals surface area contributed by atoms with E-state index in [2.05, 4.69) is 0 Å². The van der Waals surface area contributed by atoms with Crippen LogP contribution in [0.2, 0.25) is 0 Å². The van der Waals surface area contributed by atoms with Crippen LogP contribution < -0.4 is 0 Å². The van der Waals surface area contributed by atoms with E-state index in [1.165, 1.54) is 6.07 Å². The molecule has 0 atom stereocenters. The Bertz CT molecular complexity index is 502. The lowest BCUT2D eigenvalue weighted by Gasteiger charge is -2.26. The Morgan fingerprint density at radius 1 is 1.35 bits per heavy atom. The van der Waals surface area contributed by atoms with Crippen molar-refractivity contribution in [3.8, 4) is 5.75 Å². The summed E-state index contributed by atoms with van der Waals surface area (Å²) in [5.41, 5.74) is 0.409. The first-order valence-electron chi connectivity index (χ1n) is 6.34. The second-order valence-electron chi connectivity index (χ2n) is 4.76. The number of halogens is 1. The van der Waals surface area contributed by atoms with E-state index < -0.39 is 5.97 Å². The molecule has 0 saturated carbocycles. The Balaban J connectivity index is 2.82. The Morgan fingerprint density at radius 2 is 2.00 bits per heavy atom. The molecule has 1 rings (SSSR count). The minimum Gasteiger partial charge on any atom is -0.507 e. The van der Waals surface area contributed by atoms with Crippen molar-refractivity contribution >= 4 is 34.5 Å². The summed E-state index contributed by atoms with van der Waals surface area (Å²) >= 11 is 1.98. The zero-order valence-corrected chi connectivity index (χ0v) is 13.6. The van der Waals surface area contributed by atoms with Crippen LogP contribution in [0.4, 0.5) is 0 Å². The number of phenolic OH excluding ortho intramolecular Hbond substituents is 1. The summed E-state index contributed by atoms with van der Waals surface area (Å²) in [5, 5.41) is 18.3. The minimum absolute atomic E-state index is 0.0299. The van der Waals surface area contributed by atoms with E-state index in [1.807, 2.05) is 36.4 Å². The van der Waals surface area contributed by atoms with Gasteiger partial charge in [-0.15, -0.1) is 0 Å². The molecule has 0 unspecified atom stereocenters. The van der Waals surface area contributed by atoms with Crippen LogP contribution in [0.3, 0.4) is 0 Å². The fourth-order valence-electron chi connectivity index (χ4n) is 1.81. The average Bonchev–Trinajstić information content (AvgIpc) is 2.36. The van der Waals surface area contributed by atoms with Crippen molar-refractivity contribution in [1.29, 1.82) is 0 Å². The highest BCUT2D eigenvalue weighted by Gasteiger charge is 2.19. The predicted molar refractivity (Wildman–Crippen MR) is 83.9 cm³/mol. The van der Waals surface area contributed by atoms with Crippen molar-refractivity contribution in [2.45, 2.75) is 32.7 Å². The van der Waals surface area contributed by atoms with Crippen molar-refractivity contribution in [2.75, 3.05) is 6.54 Å². The molecule has 6 heteroatoms. The predicted octanol–water partition coefficient (Wildman–Crippen LogP) is 2.71. The van der Waals surface area contributed by atoms with E-state index in [1.54, 1.807) is 17.0 Å². The molecule has 0 fully saturated rings. The van der Waals surface area contributed by atoms with Crippen LogP contribution in [-0.4, -0.2) is 39.6 Å². The molecule has 0 saturated heterocycles. The number of nitrogens with zero attached hydrogens (tertiary/aromatic N) is 1. The lowest BCUT2D eigenvalue weighted by molar-refractivity contribution is -0.137. The first kappa shape index (κ1) is 16.7. The Labute approximate surface area is 131 Å². The molecule has 110 valence electrons. The summed E-state index contributed by atoms with van der Waals surface area (Å²) < 4.78 is 0.682. The summed E-state index contributed by atoms with van der Waals surface area (Å²) in [5.74, 6) is -0.990. The zero-order valence-electron chi connectivity index (χ0n) is 11.5. The normalized spacial score (nSPS) is 10.6. The van der Waals surface area contributed by atoms with Crippen LogP contribution >= 0.6 is 22.6 Å². The van der Waals surface area contributed by atoms with E-state index in [4.69, 9.17) is 5.11 Å². The molecule has 2 N–H and O–H groups in total. The molecule has 5 nitrogen and oxygen atoms in total. The molecule has 1 aromatic carbocycles. The van der Waals surface area contributed by atoms with Gasteiger partial charge in [0.2, 0.25) is 0 Å². The van der Waals surface area contributed by atoms with E-state index in [-0.39, 0.29) is 24.1 Å². The second kappa shape index (κ2) is 7.47. The van der Waals surface area contributed by atoms with Gasteiger partial charge in [0.05, 0.1) is 3.57 Å². The Kier molecular flexibility index (Phi) is 6.25. The van der Waals surface area contributed by atoms with Crippen molar-refractivity contribution in [2.24, 2.45) is 0 Å². The van der Waals surface area contributed by atoms with Crippen molar-refractivity contribution in [3.05, 3.63) is 27.3 Å². The van der Waals surface area contributed by atoms with Gasteiger partial charge in [0.15, 0.2) is 0 Å². The molecule has 1 aromatic rings. The molecule has 0 heterocycles. The number of aromatic hydroxyl groups is 1. The van der Waals surface area contributed by atoms with Gasteiger partial charge in [0, 0.05) is 24.6 Å². The maximum absolute atomic E-state index is 12.4. The van der Waals surface area contributed by atoms with Gasteiger partial charge in [0.25, 0.3) is 5.91 Å². The number of carboxylic acid groups (broad SMARTS) is 1. The van der Waals surface area contributed by atoms with Crippen LogP contribution in [0.25, 0.3) is 0 Å². The monoisotopic (exact) mass is 391 g/mol. The van der Waals surface area contributed by atoms with Gasteiger partial charge in [-0.3, -0.25) is 9.59 Å².